The number of cyclic esters (lactones) is 1. The Morgan fingerprint density at radius 2 is 2.13 bits per heavy atom. The first-order valence-electron chi connectivity index (χ1n) is 10.2. The number of hydrazine groups is 1. The van der Waals surface area contributed by atoms with E-state index in [0.29, 0.717) is 5.69 Å². The number of halogens is 4. The number of hydrogen-bond acceptors (Lipinski definition) is 5. The first-order valence-corrected chi connectivity index (χ1v) is 14.3. The molecule has 1 N–H and O–H groups in total. The molecule has 7 nitrogen and oxygen atoms in total. The fraction of sp³-hybridized carbons (Fsp3) is 0.600. The Morgan fingerprint density at radius 1 is 1.35 bits per heavy atom. The number of benzene rings is 1. The molecule has 2 aliphatic rings. The fourth-order valence-electron chi connectivity index (χ4n) is 3.66. The quantitative estimate of drug-likeness (QED) is 0.375. The zero-order valence-electron chi connectivity index (χ0n) is 17.6. The molecule has 0 unspecified atom stereocenters. The van der Waals surface area contributed by atoms with E-state index in [2.05, 4.69) is 24.0 Å². The van der Waals surface area contributed by atoms with E-state index in [4.69, 9.17) is 4.74 Å². The molecule has 0 spiro atoms. The van der Waals surface area contributed by atoms with Crippen molar-refractivity contribution in [3.63, 3.8) is 0 Å². The molecule has 2 saturated heterocycles. The first kappa shape index (κ1) is 24.1. The Balaban J connectivity index is 1.61. The van der Waals surface area contributed by atoms with Gasteiger partial charge in [-0.25, -0.2) is 0 Å². The summed E-state index contributed by atoms with van der Waals surface area (Å²) < 4.78 is 47.4. The van der Waals surface area contributed by atoms with E-state index < -0.39 is 44.3 Å². The second-order valence-electron chi connectivity index (χ2n) is 7.36. The van der Waals surface area contributed by atoms with E-state index in [1.54, 1.807) is 12.1 Å². The third kappa shape index (κ3) is 6.01. The monoisotopic (exact) mass is 556 g/mol. The number of rotatable bonds is 9. The summed E-state index contributed by atoms with van der Waals surface area (Å²) in [5.41, 5.74) is 0.361. The van der Waals surface area contributed by atoms with E-state index in [0.717, 1.165) is 38.5 Å². The number of hydrogen-bond donors (Lipinski definition) is 1. The molecule has 1 aromatic rings. The summed E-state index contributed by atoms with van der Waals surface area (Å²) in [6.07, 6.45) is -3.43. The van der Waals surface area contributed by atoms with Crippen molar-refractivity contribution < 1.29 is 27.5 Å². The van der Waals surface area contributed by atoms with Crippen molar-refractivity contribution in [3.8, 4) is 0 Å². The van der Waals surface area contributed by atoms with Gasteiger partial charge in [0.2, 0.25) is 0 Å². The minimum atomic E-state index is -3.13. The van der Waals surface area contributed by atoms with Gasteiger partial charge in [-0.15, -0.1) is 0 Å². The number of carbonyl (C=O) groups excluding carboxylic acids is 2. The average molecular weight is 556 g/mol. The topological polar surface area (TPSA) is 65.1 Å². The molecular weight excluding hydrogens is 528 g/mol. The summed E-state index contributed by atoms with van der Waals surface area (Å²) in [6.45, 7) is 4.97. The van der Waals surface area contributed by atoms with Crippen molar-refractivity contribution in [1.29, 1.82) is 0 Å². The minimum absolute atomic E-state index is 0.0541. The number of anilines is 1. The predicted molar refractivity (Wildman–Crippen MR) is 120 cm³/mol. The second kappa shape index (κ2) is 10.8. The number of ether oxygens (including phenoxy) is 1. The van der Waals surface area contributed by atoms with Crippen LogP contribution in [0.5, 0.6) is 0 Å². The standard InChI is InChI=1S/C20H28F3IN4O3/c1-3-24(7-10-27-9-4-8-26(27)2)17-6-5-14(11-16(17)21)28-13-15(31-20(28)30)12-25-19(29)18(22)23/h5-6,11,15,18H,3-4,7-10,12-13H2,1-2H3,(H,25,29)/t15-/m0/s1. The number of nitrogens with one attached hydrogen (secondary N) is 1. The molecule has 1 aromatic carbocycles. The summed E-state index contributed by atoms with van der Waals surface area (Å²) in [5, 5.41) is 6.58. The van der Waals surface area contributed by atoms with Crippen LogP contribution in [0.25, 0.3) is 0 Å². The Labute approximate surface area is 187 Å². The zero-order chi connectivity index (χ0) is 22.5. The van der Waals surface area contributed by atoms with Gasteiger partial charge in [0.25, 0.3) is 0 Å². The van der Waals surface area contributed by atoms with E-state index in [9.17, 15) is 22.8 Å². The SMILES string of the molecule is CCI(CCN1CCCN1C)c1ccc(N2C[C@H](CNC(=O)C(F)F)OC2=O)cc1F. The van der Waals surface area contributed by atoms with E-state index in [1.807, 2.05) is 5.32 Å². The summed E-state index contributed by atoms with van der Waals surface area (Å²) in [4.78, 5) is 24.4. The van der Waals surface area contributed by atoms with Crippen molar-refractivity contribution in [2.45, 2.75) is 25.9 Å². The molecule has 0 aliphatic carbocycles. The van der Waals surface area contributed by atoms with Crippen molar-refractivity contribution in [2.75, 3.05) is 53.5 Å². The summed E-state index contributed by atoms with van der Waals surface area (Å²) in [6, 6.07) is 4.83. The fourth-order valence-corrected chi connectivity index (χ4v) is 8.53. The van der Waals surface area contributed by atoms with Crippen LogP contribution in [-0.2, 0) is 9.53 Å². The zero-order valence-corrected chi connectivity index (χ0v) is 19.8. The summed E-state index contributed by atoms with van der Waals surface area (Å²) in [5.74, 6) is -1.73. The van der Waals surface area contributed by atoms with Gasteiger partial charge < -0.3 is 0 Å². The summed E-state index contributed by atoms with van der Waals surface area (Å²) in [7, 11) is 2.08. The molecule has 31 heavy (non-hydrogen) atoms. The van der Waals surface area contributed by atoms with Gasteiger partial charge in [0.1, 0.15) is 0 Å². The van der Waals surface area contributed by atoms with Crippen LogP contribution in [0.2, 0.25) is 0 Å². The molecule has 3 rings (SSSR count). The number of carbonyl (C=O) groups is 2. The van der Waals surface area contributed by atoms with Crippen LogP contribution in [0.4, 0.5) is 23.7 Å². The molecule has 0 bridgehead atoms. The van der Waals surface area contributed by atoms with Crippen LogP contribution in [0, 0.1) is 9.39 Å². The molecule has 2 fully saturated rings. The number of amides is 2. The normalized spacial score (nSPS) is 20.5. The molecule has 11 heteroatoms. The molecule has 174 valence electrons. The number of alkyl halides is 4. The van der Waals surface area contributed by atoms with Gasteiger partial charge in [-0.1, -0.05) is 0 Å². The van der Waals surface area contributed by atoms with Gasteiger partial charge in [-0.2, -0.15) is 0 Å². The van der Waals surface area contributed by atoms with Crippen molar-refractivity contribution in [2.24, 2.45) is 0 Å². The molecule has 2 amide bonds. The van der Waals surface area contributed by atoms with Crippen LogP contribution in [-0.4, -0.2) is 83.2 Å². The molecule has 0 saturated carbocycles. The Hall–Kier alpha value is -1.60. The van der Waals surface area contributed by atoms with Crippen LogP contribution < -0.4 is 10.2 Å². The third-order valence-corrected chi connectivity index (χ3v) is 11.5. The summed E-state index contributed by atoms with van der Waals surface area (Å²) >= 11 is -1.71. The second-order valence-corrected chi connectivity index (χ2v) is 13.7. The van der Waals surface area contributed by atoms with Crippen molar-refractivity contribution in [1.82, 2.24) is 15.3 Å². The number of nitrogens with zero attached hydrogens (tertiary/aromatic N) is 3. The molecule has 0 aromatic heterocycles. The van der Waals surface area contributed by atoms with Crippen LogP contribution in [0.1, 0.15) is 13.3 Å². The van der Waals surface area contributed by atoms with E-state index in [1.165, 1.54) is 11.0 Å². The van der Waals surface area contributed by atoms with Crippen LogP contribution in [0.3, 0.4) is 0 Å². The van der Waals surface area contributed by atoms with Gasteiger partial charge in [0.05, 0.1) is 0 Å². The maximum absolute atomic E-state index is 15.0. The van der Waals surface area contributed by atoms with Crippen molar-refractivity contribution >= 4 is 37.5 Å². The molecule has 0 radical (unpaired) electrons. The Morgan fingerprint density at radius 3 is 2.74 bits per heavy atom. The molecule has 2 aliphatic heterocycles. The van der Waals surface area contributed by atoms with E-state index >= 15 is 0 Å². The Kier molecular flexibility index (Phi) is 8.39. The molecule has 2 heterocycles. The van der Waals surface area contributed by atoms with E-state index in [-0.39, 0.29) is 18.9 Å². The average Bonchev–Trinajstić information content (AvgIpc) is 3.32. The van der Waals surface area contributed by atoms with Crippen molar-refractivity contribution in [3.05, 3.63) is 27.6 Å². The van der Waals surface area contributed by atoms with Crippen LogP contribution >= 0.6 is 19.8 Å². The maximum atomic E-state index is 15.0. The van der Waals surface area contributed by atoms with Gasteiger partial charge in [-0.3, -0.25) is 0 Å². The van der Waals surface area contributed by atoms with Crippen LogP contribution in [0.15, 0.2) is 18.2 Å². The van der Waals surface area contributed by atoms with Gasteiger partial charge in [-0.05, 0) is 0 Å². The molecule has 1 atom stereocenters. The third-order valence-electron chi connectivity index (χ3n) is 5.35. The van der Waals surface area contributed by atoms with Gasteiger partial charge in [0.15, 0.2) is 0 Å². The van der Waals surface area contributed by atoms with Gasteiger partial charge in [0, 0.05) is 0 Å². The van der Waals surface area contributed by atoms with Gasteiger partial charge >= 0.3 is 187 Å². The predicted octanol–water partition coefficient (Wildman–Crippen LogP) is 2.78. The molecular formula is C20H28F3IN4O3. The first-order chi connectivity index (χ1) is 14.8. The Bertz CT molecular complexity index is 801.